The second kappa shape index (κ2) is 3.34. The van der Waals surface area contributed by atoms with Gasteiger partial charge in [-0.2, -0.15) is 0 Å². The van der Waals surface area contributed by atoms with Crippen LogP contribution in [0.3, 0.4) is 0 Å². The van der Waals surface area contributed by atoms with E-state index >= 15 is 0 Å². The fourth-order valence-electron chi connectivity index (χ4n) is 1.36. The minimum atomic E-state index is -0.904. The fourth-order valence-corrected chi connectivity index (χ4v) is 1.36. The monoisotopic (exact) mass is 209 g/mol. The first-order chi connectivity index (χ1) is 7.08. The molecule has 0 spiro atoms. The smallest absolute Gasteiger partial charge is 0.205 e. The SMILES string of the molecule is Cc1cn(-c2ccc(F)c(F)c2)c(N)n1. The van der Waals surface area contributed by atoms with E-state index < -0.39 is 11.6 Å². The second-order valence-corrected chi connectivity index (χ2v) is 3.21. The molecular weight excluding hydrogens is 200 g/mol. The molecule has 0 aliphatic rings. The molecule has 0 fully saturated rings. The third-order valence-electron chi connectivity index (χ3n) is 2.04. The Labute approximate surface area is 85.2 Å². The van der Waals surface area contributed by atoms with Gasteiger partial charge in [-0.05, 0) is 19.1 Å². The molecule has 2 N–H and O–H groups in total. The lowest BCUT2D eigenvalue weighted by atomic mass is 10.3. The highest BCUT2D eigenvalue weighted by Gasteiger charge is 2.07. The van der Waals surface area contributed by atoms with E-state index in [4.69, 9.17) is 5.73 Å². The quantitative estimate of drug-likeness (QED) is 0.781. The molecule has 0 aliphatic heterocycles. The molecule has 0 bridgehead atoms. The summed E-state index contributed by atoms with van der Waals surface area (Å²) in [7, 11) is 0. The standard InChI is InChI=1S/C10H9F2N3/c1-6-5-15(10(13)14-6)7-2-3-8(11)9(12)4-7/h2-5H,1H3,(H2,13,14). The van der Waals surface area contributed by atoms with Crippen molar-refractivity contribution < 1.29 is 8.78 Å². The van der Waals surface area contributed by atoms with E-state index in [-0.39, 0.29) is 5.95 Å². The van der Waals surface area contributed by atoms with E-state index in [1.165, 1.54) is 10.6 Å². The number of rotatable bonds is 1. The highest BCUT2D eigenvalue weighted by Crippen LogP contribution is 2.16. The molecule has 1 aromatic carbocycles. The van der Waals surface area contributed by atoms with Crippen LogP contribution < -0.4 is 5.73 Å². The molecule has 0 aliphatic carbocycles. The van der Waals surface area contributed by atoms with Gasteiger partial charge in [0.1, 0.15) is 0 Å². The van der Waals surface area contributed by atoms with Gasteiger partial charge in [-0.15, -0.1) is 0 Å². The normalized spacial score (nSPS) is 10.6. The summed E-state index contributed by atoms with van der Waals surface area (Å²) in [6.07, 6.45) is 1.65. The predicted octanol–water partition coefficient (Wildman–Crippen LogP) is 2.04. The summed E-state index contributed by atoms with van der Waals surface area (Å²) in [6, 6.07) is 3.57. The van der Waals surface area contributed by atoms with Crippen molar-refractivity contribution in [2.75, 3.05) is 5.73 Å². The zero-order valence-corrected chi connectivity index (χ0v) is 8.04. The van der Waals surface area contributed by atoms with Crippen molar-refractivity contribution in [1.29, 1.82) is 0 Å². The molecule has 0 amide bonds. The average molecular weight is 209 g/mol. The van der Waals surface area contributed by atoms with E-state index in [0.717, 1.165) is 17.8 Å². The maximum Gasteiger partial charge on any atom is 0.205 e. The van der Waals surface area contributed by atoms with Gasteiger partial charge in [-0.3, -0.25) is 4.57 Å². The number of hydrogen-bond donors (Lipinski definition) is 1. The van der Waals surface area contributed by atoms with E-state index in [1.807, 2.05) is 0 Å². The number of imidazole rings is 1. The number of nitrogens with zero attached hydrogens (tertiary/aromatic N) is 2. The van der Waals surface area contributed by atoms with Gasteiger partial charge in [0.2, 0.25) is 5.95 Å². The number of nitrogens with two attached hydrogens (primary N) is 1. The summed E-state index contributed by atoms with van der Waals surface area (Å²) >= 11 is 0. The van der Waals surface area contributed by atoms with Crippen LogP contribution in [0.15, 0.2) is 24.4 Å². The van der Waals surface area contributed by atoms with Crippen LogP contribution in [-0.4, -0.2) is 9.55 Å². The lowest BCUT2D eigenvalue weighted by Crippen LogP contribution is -2.00. The van der Waals surface area contributed by atoms with Gasteiger partial charge >= 0.3 is 0 Å². The van der Waals surface area contributed by atoms with Gasteiger partial charge in [-0.1, -0.05) is 0 Å². The number of anilines is 1. The topological polar surface area (TPSA) is 43.8 Å². The molecule has 5 heteroatoms. The molecule has 0 radical (unpaired) electrons. The number of hydrogen-bond acceptors (Lipinski definition) is 2. The minimum absolute atomic E-state index is 0.249. The van der Waals surface area contributed by atoms with Crippen LogP contribution in [0.25, 0.3) is 5.69 Å². The Morgan fingerprint density at radius 2 is 2.00 bits per heavy atom. The number of nitrogen functional groups attached to an aromatic ring is 1. The Balaban J connectivity index is 2.54. The Bertz CT molecular complexity index is 505. The van der Waals surface area contributed by atoms with Gasteiger partial charge < -0.3 is 5.73 Å². The molecule has 2 aromatic rings. The summed E-state index contributed by atoms with van der Waals surface area (Å²) < 4.78 is 27.1. The summed E-state index contributed by atoms with van der Waals surface area (Å²) in [4.78, 5) is 3.96. The summed E-state index contributed by atoms with van der Waals surface area (Å²) in [5.74, 6) is -1.54. The van der Waals surface area contributed by atoms with Crippen molar-refractivity contribution in [3.63, 3.8) is 0 Å². The van der Waals surface area contributed by atoms with Crippen molar-refractivity contribution in [1.82, 2.24) is 9.55 Å². The largest absolute Gasteiger partial charge is 0.369 e. The summed E-state index contributed by atoms with van der Waals surface area (Å²) in [5.41, 5.74) is 6.77. The maximum atomic E-state index is 13.0. The van der Waals surface area contributed by atoms with Crippen LogP contribution in [-0.2, 0) is 0 Å². The average Bonchev–Trinajstić information content (AvgIpc) is 2.50. The van der Waals surface area contributed by atoms with Gasteiger partial charge in [0.15, 0.2) is 11.6 Å². The van der Waals surface area contributed by atoms with E-state index in [2.05, 4.69) is 4.98 Å². The van der Waals surface area contributed by atoms with Crippen molar-refractivity contribution in [3.8, 4) is 5.69 Å². The van der Waals surface area contributed by atoms with E-state index in [0.29, 0.717) is 5.69 Å². The van der Waals surface area contributed by atoms with Crippen LogP contribution in [0.5, 0.6) is 0 Å². The number of halogens is 2. The molecule has 15 heavy (non-hydrogen) atoms. The Morgan fingerprint density at radius 1 is 1.27 bits per heavy atom. The number of aromatic nitrogens is 2. The summed E-state index contributed by atoms with van der Waals surface area (Å²) in [6.45, 7) is 1.77. The van der Waals surface area contributed by atoms with Gasteiger partial charge in [0.05, 0.1) is 11.4 Å². The molecular formula is C10H9F2N3. The zero-order valence-electron chi connectivity index (χ0n) is 8.04. The maximum absolute atomic E-state index is 13.0. The number of benzene rings is 1. The van der Waals surface area contributed by atoms with Gasteiger partial charge in [0.25, 0.3) is 0 Å². The molecule has 0 saturated carbocycles. The Hall–Kier alpha value is -1.91. The van der Waals surface area contributed by atoms with Crippen molar-refractivity contribution >= 4 is 5.95 Å². The fraction of sp³-hybridized carbons (Fsp3) is 0.100. The third-order valence-corrected chi connectivity index (χ3v) is 2.04. The van der Waals surface area contributed by atoms with Crippen LogP contribution in [0.4, 0.5) is 14.7 Å². The first kappa shape index (κ1) is 9.64. The minimum Gasteiger partial charge on any atom is -0.369 e. The molecule has 78 valence electrons. The molecule has 2 rings (SSSR count). The summed E-state index contributed by atoms with van der Waals surface area (Å²) in [5, 5.41) is 0. The molecule has 0 atom stereocenters. The highest BCUT2D eigenvalue weighted by atomic mass is 19.2. The number of aryl methyl sites for hydroxylation is 1. The van der Waals surface area contributed by atoms with E-state index in [9.17, 15) is 8.78 Å². The Kier molecular flexibility index (Phi) is 2.15. The van der Waals surface area contributed by atoms with Crippen molar-refractivity contribution in [2.24, 2.45) is 0 Å². The lowest BCUT2D eigenvalue weighted by Gasteiger charge is -2.04. The van der Waals surface area contributed by atoms with Crippen LogP contribution in [0, 0.1) is 18.6 Å². The van der Waals surface area contributed by atoms with Crippen LogP contribution in [0.1, 0.15) is 5.69 Å². The molecule has 1 aromatic heterocycles. The van der Waals surface area contributed by atoms with E-state index in [1.54, 1.807) is 13.1 Å². The van der Waals surface area contributed by atoms with Crippen LogP contribution >= 0.6 is 0 Å². The van der Waals surface area contributed by atoms with Gasteiger partial charge in [-0.25, -0.2) is 13.8 Å². The first-order valence-electron chi connectivity index (χ1n) is 4.35. The Morgan fingerprint density at radius 3 is 2.53 bits per heavy atom. The molecule has 0 saturated heterocycles. The van der Waals surface area contributed by atoms with Crippen molar-refractivity contribution in [2.45, 2.75) is 6.92 Å². The molecule has 0 unspecified atom stereocenters. The third kappa shape index (κ3) is 1.68. The zero-order chi connectivity index (χ0) is 11.0. The first-order valence-corrected chi connectivity index (χ1v) is 4.35. The lowest BCUT2D eigenvalue weighted by molar-refractivity contribution is 0.508. The van der Waals surface area contributed by atoms with Crippen LogP contribution in [0.2, 0.25) is 0 Å². The highest BCUT2D eigenvalue weighted by molar-refractivity contribution is 5.40. The second-order valence-electron chi connectivity index (χ2n) is 3.21. The van der Waals surface area contributed by atoms with Crippen molar-refractivity contribution in [3.05, 3.63) is 41.7 Å². The molecule has 3 nitrogen and oxygen atoms in total. The molecule has 1 heterocycles. The predicted molar refractivity (Wildman–Crippen MR) is 52.6 cm³/mol. The van der Waals surface area contributed by atoms with Gasteiger partial charge in [0, 0.05) is 12.3 Å².